The summed E-state index contributed by atoms with van der Waals surface area (Å²) in [7, 11) is 0. The average molecular weight is 325 g/mol. The molecule has 0 saturated carbocycles. The molecule has 1 amide bonds. The fourth-order valence-corrected chi connectivity index (χ4v) is 2.55. The van der Waals surface area contributed by atoms with Gasteiger partial charge in [0, 0.05) is 28.4 Å². The summed E-state index contributed by atoms with van der Waals surface area (Å²) in [5.41, 5.74) is 4.51. The number of thiazole rings is 1. The molecule has 0 aliphatic heterocycles. The summed E-state index contributed by atoms with van der Waals surface area (Å²) >= 11 is 4.94. The zero-order valence-corrected chi connectivity index (χ0v) is 12.3. The minimum Gasteiger partial charge on any atom is -0.352 e. The predicted octanol–water partition coefficient (Wildman–Crippen LogP) is 3.19. The van der Waals surface area contributed by atoms with Gasteiger partial charge in [0.25, 0.3) is 5.91 Å². The largest absolute Gasteiger partial charge is 0.352 e. The molecule has 0 unspecified atom stereocenters. The summed E-state index contributed by atoms with van der Waals surface area (Å²) in [6.07, 6.45) is 0.766. The Morgan fingerprint density at radius 3 is 3.06 bits per heavy atom. The van der Waals surface area contributed by atoms with Crippen molar-refractivity contribution in [1.82, 2.24) is 10.3 Å². The Balaban J connectivity index is 1.93. The summed E-state index contributed by atoms with van der Waals surface area (Å²) in [4.78, 5) is 16.2. The van der Waals surface area contributed by atoms with Crippen molar-refractivity contribution in [1.29, 1.82) is 0 Å². The van der Waals surface area contributed by atoms with E-state index in [-0.39, 0.29) is 5.91 Å². The van der Waals surface area contributed by atoms with Crippen molar-refractivity contribution in [2.24, 2.45) is 0 Å². The molecule has 1 heterocycles. The lowest BCUT2D eigenvalue weighted by Crippen LogP contribution is -2.26. The van der Waals surface area contributed by atoms with Gasteiger partial charge in [-0.3, -0.25) is 4.79 Å². The first-order valence-electron chi connectivity index (χ1n) is 5.58. The number of rotatable bonds is 4. The summed E-state index contributed by atoms with van der Waals surface area (Å²) in [6, 6.07) is 5.70. The van der Waals surface area contributed by atoms with Crippen molar-refractivity contribution in [2.75, 3.05) is 6.54 Å². The molecule has 5 heteroatoms. The number of aryl methyl sites for hydroxylation is 1. The highest BCUT2D eigenvalue weighted by Gasteiger charge is 2.08. The molecule has 1 aromatic heterocycles. The van der Waals surface area contributed by atoms with Crippen LogP contribution in [0.1, 0.15) is 21.6 Å². The molecule has 2 aromatic rings. The van der Waals surface area contributed by atoms with Gasteiger partial charge in [-0.2, -0.15) is 0 Å². The molecule has 0 aliphatic carbocycles. The van der Waals surface area contributed by atoms with Crippen LogP contribution in [0.25, 0.3) is 0 Å². The second-order valence-electron chi connectivity index (χ2n) is 3.94. The van der Waals surface area contributed by atoms with Crippen molar-refractivity contribution in [3.63, 3.8) is 0 Å². The molecule has 1 N–H and O–H groups in total. The SMILES string of the molecule is Cc1ccc(Br)cc1C(=O)NCCc1cscn1. The average Bonchev–Trinajstić information content (AvgIpc) is 2.85. The molecule has 0 spiro atoms. The molecule has 1 aromatic carbocycles. The van der Waals surface area contributed by atoms with Gasteiger partial charge in [0.2, 0.25) is 0 Å². The minimum atomic E-state index is -0.0379. The first kappa shape index (κ1) is 13.2. The maximum absolute atomic E-state index is 12.0. The second-order valence-corrected chi connectivity index (χ2v) is 5.58. The van der Waals surface area contributed by atoms with E-state index in [2.05, 4.69) is 26.2 Å². The third-order valence-corrected chi connectivity index (χ3v) is 3.72. The van der Waals surface area contributed by atoms with Crippen LogP contribution in [0.4, 0.5) is 0 Å². The van der Waals surface area contributed by atoms with Crippen LogP contribution in [-0.4, -0.2) is 17.4 Å². The van der Waals surface area contributed by atoms with E-state index in [0.29, 0.717) is 12.1 Å². The topological polar surface area (TPSA) is 42.0 Å². The van der Waals surface area contributed by atoms with E-state index in [4.69, 9.17) is 0 Å². The van der Waals surface area contributed by atoms with Crippen molar-refractivity contribution in [3.05, 3.63) is 50.4 Å². The standard InChI is InChI=1S/C13H13BrN2OS/c1-9-2-3-10(14)6-12(9)13(17)15-5-4-11-7-18-8-16-11/h2-3,6-8H,4-5H2,1H3,(H,15,17). The normalized spacial score (nSPS) is 10.3. The highest BCUT2D eigenvalue weighted by atomic mass is 79.9. The minimum absolute atomic E-state index is 0.0379. The van der Waals surface area contributed by atoms with Crippen molar-refractivity contribution in [3.8, 4) is 0 Å². The fraction of sp³-hybridized carbons (Fsp3) is 0.231. The van der Waals surface area contributed by atoms with Gasteiger partial charge in [-0.25, -0.2) is 4.98 Å². The molecule has 0 atom stereocenters. The molecule has 0 saturated heterocycles. The zero-order valence-electron chi connectivity index (χ0n) is 9.94. The van der Waals surface area contributed by atoms with Crippen LogP contribution in [0, 0.1) is 6.92 Å². The van der Waals surface area contributed by atoms with Gasteiger partial charge in [-0.15, -0.1) is 11.3 Å². The van der Waals surface area contributed by atoms with Crippen LogP contribution in [0.3, 0.4) is 0 Å². The lowest BCUT2D eigenvalue weighted by molar-refractivity contribution is 0.0953. The molecule has 0 aliphatic rings. The van der Waals surface area contributed by atoms with E-state index in [1.165, 1.54) is 0 Å². The van der Waals surface area contributed by atoms with Crippen LogP contribution in [-0.2, 0) is 6.42 Å². The van der Waals surface area contributed by atoms with Gasteiger partial charge >= 0.3 is 0 Å². The number of nitrogens with zero attached hydrogens (tertiary/aromatic N) is 1. The zero-order chi connectivity index (χ0) is 13.0. The van der Waals surface area contributed by atoms with Crippen LogP contribution >= 0.6 is 27.3 Å². The number of carbonyl (C=O) groups excluding carboxylic acids is 1. The number of aromatic nitrogens is 1. The van der Waals surface area contributed by atoms with Gasteiger partial charge in [-0.1, -0.05) is 22.0 Å². The van der Waals surface area contributed by atoms with Crippen LogP contribution in [0.5, 0.6) is 0 Å². The van der Waals surface area contributed by atoms with E-state index in [9.17, 15) is 4.79 Å². The molecule has 2 rings (SSSR count). The molecular weight excluding hydrogens is 312 g/mol. The number of benzene rings is 1. The number of hydrogen-bond donors (Lipinski definition) is 1. The van der Waals surface area contributed by atoms with Crippen LogP contribution in [0.15, 0.2) is 33.6 Å². The van der Waals surface area contributed by atoms with E-state index < -0.39 is 0 Å². The van der Waals surface area contributed by atoms with Gasteiger partial charge in [-0.05, 0) is 24.6 Å². The Morgan fingerprint density at radius 1 is 1.50 bits per heavy atom. The third-order valence-electron chi connectivity index (χ3n) is 2.59. The maximum atomic E-state index is 12.0. The Bertz CT molecular complexity index is 540. The monoisotopic (exact) mass is 324 g/mol. The van der Waals surface area contributed by atoms with Gasteiger partial charge in [0.15, 0.2) is 0 Å². The summed E-state index contributed by atoms with van der Waals surface area (Å²) in [5, 5.41) is 4.91. The maximum Gasteiger partial charge on any atom is 0.251 e. The molecular formula is C13H13BrN2OS. The summed E-state index contributed by atoms with van der Waals surface area (Å²) in [6.45, 7) is 2.54. The first-order chi connectivity index (χ1) is 8.66. The predicted molar refractivity (Wildman–Crippen MR) is 77.0 cm³/mol. The van der Waals surface area contributed by atoms with Crippen molar-refractivity contribution in [2.45, 2.75) is 13.3 Å². The van der Waals surface area contributed by atoms with E-state index >= 15 is 0 Å². The number of nitrogens with one attached hydrogen (secondary N) is 1. The molecule has 3 nitrogen and oxygen atoms in total. The molecule has 94 valence electrons. The second kappa shape index (κ2) is 6.11. The molecule has 0 bridgehead atoms. The molecule has 0 fully saturated rings. The first-order valence-corrected chi connectivity index (χ1v) is 7.32. The number of halogens is 1. The van der Waals surface area contributed by atoms with E-state index in [1.807, 2.05) is 30.5 Å². The molecule has 0 radical (unpaired) electrons. The van der Waals surface area contributed by atoms with Crippen LogP contribution in [0.2, 0.25) is 0 Å². The highest BCUT2D eigenvalue weighted by Crippen LogP contribution is 2.15. The van der Waals surface area contributed by atoms with Gasteiger partial charge in [0.05, 0.1) is 11.2 Å². The smallest absolute Gasteiger partial charge is 0.251 e. The Kier molecular flexibility index (Phi) is 4.49. The number of amides is 1. The lowest BCUT2D eigenvalue weighted by Gasteiger charge is -2.07. The van der Waals surface area contributed by atoms with E-state index in [0.717, 1.165) is 22.2 Å². The Hall–Kier alpha value is -1.20. The van der Waals surface area contributed by atoms with E-state index in [1.54, 1.807) is 16.8 Å². The number of carbonyl (C=O) groups is 1. The Morgan fingerprint density at radius 2 is 2.33 bits per heavy atom. The highest BCUT2D eigenvalue weighted by molar-refractivity contribution is 9.10. The van der Waals surface area contributed by atoms with Crippen molar-refractivity contribution >= 4 is 33.2 Å². The lowest BCUT2D eigenvalue weighted by atomic mass is 10.1. The third kappa shape index (κ3) is 3.40. The fourth-order valence-electron chi connectivity index (χ4n) is 1.60. The quantitative estimate of drug-likeness (QED) is 0.938. The van der Waals surface area contributed by atoms with Gasteiger partial charge < -0.3 is 5.32 Å². The number of hydrogen-bond acceptors (Lipinski definition) is 3. The summed E-state index contributed by atoms with van der Waals surface area (Å²) < 4.78 is 0.915. The Labute approximate surface area is 118 Å². The summed E-state index contributed by atoms with van der Waals surface area (Å²) in [5.74, 6) is -0.0379. The molecule has 18 heavy (non-hydrogen) atoms. The van der Waals surface area contributed by atoms with Crippen LogP contribution < -0.4 is 5.32 Å². The van der Waals surface area contributed by atoms with Gasteiger partial charge in [0.1, 0.15) is 0 Å². The van der Waals surface area contributed by atoms with Crippen molar-refractivity contribution < 1.29 is 4.79 Å².